The van der Waals surface area contributed by atoms with Crippen molar-refractivity contribution in [1.82, 2.24) is 10.3 Å². The van der Waals surface area contributed by atoms with Crippen LogP contribution in [-0.2, 0) is 6.54 Å². The first-order chi connectivity index (χ1) is 10.3. The van der Waals surface area contributed by atoms with E-state index in [-0.39, 0.29) is 0 Å². The van der Waals surface area contributed by atoms with Gasteiger partial charge in [-0.3, -0.25) is 0 Å². The maximum atomic E-state index is 6.15. The number of hydrogen-bond acceptors (Lipinski definition) is 4. The lowest BCUT2D eigenvalue weighted by Gasteiger charge is -2.10. The molecule has 0 aliphatic rings. The monoisotopic (exact) mass is 306 g/mol. The average Bonchev–Trinajstić information content (AvgIpc) is 2.52. The molecule has 0 aliphatic carbocycles. The predicted octanol–water partition coefficient (Wildman–Crippen LogP) is 3.30. The molecular formula is C16H19ClN2O2. The lowest BCUT2D eigenvalue weighted by Crippen LogP contribution is -2.13. The summed E-state index contributed by atoms with van der Waals surface area (Å²) in [5, 5.41) is 3.74. The fourth-order valence-electron chi connectivity index (χ4n) is 1.75. The van der Waals surface area contributed by atoms with Gasteiger partial charge < -0.3 is 14.8 Å². The smallest absolute Gasteiger partial charge is 0.232 e. The van der Waals surface area contributed by atoms with Crippen molar-refractivity contribution in [2.45, 2.75) is 13.5 Å². The summed E-state index contributed by atoms with van der Waals surface area (Å²) in [6, 6.07) is 11.5. The molecule has 1 N–H and O–H groups in total. The first kappa shape index (κ1) is 15.6. The van der Waals surface area contributed by atoms with E-state index in [1.54, 1.807) is 6.20 Å². The lowest BCUT2D eigenvalue weighted by molar-refractivity contribution is 0.212. The molecule has 4 nitrogen and oxygen atoms in total. The van der Waals surface area contributed by atoms with Crippen molar-refractivity contribution >= 4 is 11.6 Å². The molecule has 112 valence electrons. The standard InChI is InChI=1S/C16H19ClN2O2/c1-2-18-11-13-10-15(17)16(19-12-13)21-9-8-20-14-6-4-3-5-7-14/h3-7,10,12,18H,2,8-9,11H2,1H3. The quantitative estimate of drug-likeness (QED) is 0.760. The minimum Gasteiger partial charge on any atom is -0.490 e. The molecule has 1 aromatic heterocycles. The number of ether oxygens (including phenoxy) is 2. The van der Waals surface area contributed by atoms with Gasteiger partial charge in [0.1, 0.15) is 24.0 Å². The van der Waals surface area contributed by atoms with Crippen LogP contribution in [0.15, 0.2) is 42.6 Å². The van der Waals surface area contributed by atoms with Crippen molar-refractivity contribution in [2.24, 2.45) is 0 Å². The van der Waals surface area contributed by atoms with Gasteiger partial charge in [-0.2, -0.15) is 0 Å². The highest BCUT2D eigenvalue weighted by Crippen LogP contribution is 2.22. The summed E-state index contributed by atoms with van der Waals surface area (Å²) in [5.41, 5.74) is 1.04. The molecule has 0 aliphatic heterocycles. The van der Waals surface area contributed by atoms with Crippen molar-refractivity contribution in [1.29, 1.82) is 0 Å². The second-order valence-electron chi connectivity index (χ2n) is 4.42. The Kier molecular flexibility index (Phi) is 6.31. The summed E-state index contributed by atoms with van der Waals surface area (Å²) < 4.78 is 11.1. The Morgan fingerprint density at radius 1 is 1.14 bits per heavy atom. The minimum absolute atomic E-state index is 0.397. The van der Waals surface area contributed by atoms with Crippen LogP contribution in [0.5, 0.6) is 11.6 Å². The van der Waals surface area contributed by atoms with Gasteiger partial charge in [-0.05, 0) is 30.3 Å². The van der Waals surface area contributed by atoms with E-state index in [1.807, 2.05) is 36.4 Å². The summed E-state index contributed by atoms with van der Waals surface area (Å²) in [6.45, 7) is 4.56. The number of pyridine rings is 1. The Bertz CT molecular complexity index is 549. The molecule has 0 atom stereocenters. The Morgan fingerprint density at radius 2 is 1.90 bits per heavy atom. The van der Waals surface area contributed by atoms with Crippen LogP contribution >= 0.6 is 11.6 Å². The van der Waals surface area contributed by atoms with Crippen LogP contribution in [-0.4, -0.2) is 24.7 Å². The number of aromatic nitrogens is 1. The molecule has 1 heterocycles. The number of halogens is 1. The predicted molar refractivity (Wildman–Crippen MR) is 84.1 cm³/mol. The summed E-state index contributed by atoms with van der Waals surface area (Å²) in [6.07, 6.45) is 1.77. The van der Waals surface area contributed by atoms with Crippen molar-refractivity contribution in [3.05, 3.63) is 53.2 Å². The topological polar surface area (TPSA) is 43.4 Å². The first-order valence-electron chi connectivity index (χ1n) is 6.95. The molecule has 2 rings (SSSR count). The average molecular weight is 307 g/mol. The zero-order valence-corrected chi connectivity index (χ0v) is 12.8. The first-order valence-corrected chi connectivity index (χ1v) is 7.33. The maximum absolute atomic E-state index is 6.15. The summed E-state index contributed by atoms with van der Waals surface area (Å²) >= 11 is 6.15. The summed E-state index contributed by atoms with van der Waals surface area (Å²) in [7, 11) is 0. The molecule has 0 amide bonds. The van der Waals surface area contributed by atoms with E-state index in [2.05, 4.69) is 17.2 Å². The molecule has 21 heavy (non-hydrogen) atoms. The fourth-order valence-corrected chi connectivity index (χ4v) is 2.00. The normalized spacial score (nSPS) is 10.4. The zero-order valence-electron chi connectivity index (χ0n) is 12.0. The number of nitrogens with zero attached hydrogens (tertiary/aromatic N) is 1. The molecule has 0 saturated carbocycles. The fraction of sp³-hybridized carbons (Fsp3) is 0.312. The van der Waals surface area contributed by atoms with Crippen LogP contribution in [0.2, 0.25) is 5.02 Å². The molecule has 0 spiro atoms. The molecule has 1 aromatic carbocycles. The van der Waals surface area contributed by atoms with Gasteiger partial charge in [0.2, 0.25) is 5.88 Å². The largest absolute Gasteiger partial charge is 0.490 e. The van der Waals surface area contributed by atoms with Crippen molar-refractivity contribution in [3.8, 4) is 11.6 Å². The lowest BCUT2D eigenvalue weighted by atomic mass is 10.3. The van der Waals surface area contributed by atoms with Crippen LogP contribution in [0.3, 0.4) is 0 Å². The SMILES string of the molecule is CCNCc1cnc(OCCOc2ccccc2)c(Cl)c1. The Labute approximate surface area is 130 Å². The molecule has 0 unspecified atom stereocenters. The summed E-state index contributed by atoms with van der Waals surface area (Å²) in [5.74, 6) is 1.26. The van der Waals surface area contributed by atoms with E-state index < -0.39 is 0 Å². The number of para-hydroxylation sites is 1. The van der Waals surface area contributed by atoms with E-state index in [4.69, 9.17) is 21.1 Å². The van der Waals surface area contributed by atoms with Gasteiger partial charge in [0.25, 0.3) is 0 Å². The third-order valence-electron chi connectivity index (χ3n) is 2.78. The second-order valence-corrected chi connectivity index (χ2v) is 4.83. The van der Waals surface area contributed by atoms with E-state index in [0.29, 0.717) is 24.1 Å². The summed E-state index contributed by atoms with van der Waals surface area (Å²) in [4.78, 5) is 4.23. The van der Waals surface area contributed by atoms with Gasteiger partial charge in [0.15, 0.2) is 0 Å². The zero-order chi connectivity index (χ0) is 14.9. The van der Waals surface area contributed by atoms with Crippen LogP contribution in [0.25, 0.3) is 0 Å². The van der Waals surface area contributed by atoms with Gasteiger partial charge in [-0.25, -0.2) is 4.98 Å². The highest BCUT2D eigenvalue weighted by Gasteiger charge is 2.05. The van der Waals surface area contributed by atoms with E-state index >= 15 is 0 Å². The maximum Gasteiger partial charge on any atom is 0.232 e. The molecule has 5 heteroatoms. The van der Waals surface area contributed by atoms with Crippen molar-refractivity contribution in [2.75, 3.05) is 19.8 Å². The highest BCUT2D eigenvalue weighted by molar-refractivity contribution is 6.31. The Balaban J connectivity index is 1.78. The van der Waals surface area contributed by atoms with Crippen LogP contribution < -0.4 is 14.8 Å². The van der Waals surface area contributed by atoms with Crippen molar-refractivity contribution < 1.29 is 9.47 Å². The molecule has 0 bridgehead atoms. The number of rotatable bonds is 8. The number of hydrogen-bond donors (Lipinski definition) is 1. The number of nitrogens with one attached hydrogen (secondary N) is 1. The van der Waals surface area contributed by atoms with Gasteiger partial charge in [-0.1, -0.05) is 36.7 Å². The van der Waals surface area contributed by atoms with Gasteiger partial charge in [-0.15, -0.1) is 0 Å². The molecule has 0 fully saturated rings. The van der Waals surface area contributed by atoms with Gasteiger partial charge >= 0.3 is 0 Å². The van der Waals surface area contributed by atoms with E-state index in [1.165, 1.54) is 0 Å². The Morgan fingerprint density at radius 3 is 2.62 bits per heavy atom. The third kappa shape index (κ3) is 5.25. The molecule has 2 aromatic rings. The molecule has 0 saturated heterocycles. The highest BCUT2D eigenvalue weighted by atomic mass is 35.5. The van der Waals surface area contributed by atoms with Crippen LogP contribution in [0.4, 0.5) is 0 Å². The Hall–Kier alpha value is -1.78. The second kappa shape index (κ2) is 8.49. The third-order valence-corrected chi connectivity index (χ3v) is 3.05. The number of benzene rings is 1. The van der Waals surface area contributed by atoms with Crippen molar-refractivity contribution in [3.63, 3.8) is 0 Å². The molecule has 0 radical (unpaired) electrons. The van der Waals surface area contributed by atoms with Crippen LogP contribution in [0.1, 0.15) is 12.5 Å². The molecular weight excluding hydrogens is 288 g/mol. The van der Waals surface area contributed by atoms with Gasteiger partial charge in [0, 0.05) is 12.7 Å². The minimum atomic E-state index is 0.397. The van der Waals surface area contributed by atoms with E-state index in [9.17, 15) is 0 Å². The van der Waals surface area contributed by atoms with Gasteiger partial charge in [0.05, 0.1) is 0 Å². The van der Waals surface area contributed by atoms with Crippen LogP contribution in [0, 0.1) is 0 Å². The van der Waals surface area contributed by atoms with E-state index in [0.717, 1.165) is 24.4 Å².